The molecule has 1 heterocycles. The maximum Gasteiger partial charge on any atom is 0.344 e. The van der Waals surface area contributed by atoms with Crippen molar-refractivity contribution in [1.29, 1.82) is 0 Å². The van der Waals surface area contributed by atoms with Crippen molar-refractivity contribution in [1.82, 2.24) is 0 Å². The molecule has 0 spiro atoms. The van der Waals surface area contributed by atoms with Crippen LogP contribution in [0.5, 0.6) is 17.2 Å². The van der Waals surface area contributed by atoms with Crippen LogP contribution in [0.4, 0.5) is 0 Å². The summed E-state index contributed by atoms with van der Waals surface area (Å²) in [5, 5.41) is 22.5. The summed E-state index contributed by atoms with van der Waals surface area (Å²) >= 11 is 3.13. The van der Waals surface area contributed by atoms with Gasteiger partial charge >= 0.3 is 4.45 Å². The first kappa shape index (κ1) is 17.5. The van der Waals surface area contributed by atoms with E-state index < -0.39 is 21.6 Å². The van der Waals surface area contributed by atoms with Crippen molar-refractivity contribution < 1.29 is 24.2 Å². The highest BCUT2D eigenvalue weighted by Gasteiger charge is 2.61. The van der Waals surface area contributed by atoms with Gasteiger partial charge in [-0.05, 0) is 18.2 Å². The molecule has 1 aliphatic heterocycles. The first-order chi connectivity index (χ1) is 11.9. The van der Waals surface area contributed by atoms with Crippen LogP contribution in [0.2, 0.25) is 0 Å². The predicted molar refractivity (Wildman–Crippen MR) is 93.0 cm³/mol. The number of hydrogen-bond acceptors (Lipinski definition) is 6. The van der Waals surface area contributed by atoms with Crippen molar-refractivity contribution in [3.63, 3.8) is 0 Å². The van der Waals surface area contributed by atoms with Crippen molar-refractivity contribution in [2.75, 3.05) is 14.2 Å². The van der Waals surface area contributed by atoms with Gasteiger partial charge in [0, 0.05) is 32.0 Å². The summed E-state index contributed by atoms with van der Waals surface area (Å²) in [4.78, 5) is 11.2. The van der Waals surface area contributed by atoms with Gasteiger partial charge in [-0.1, -0.05) is 24.3 Å². The Kier molecular flexibility index (Phi) is 4.57. The molecule has 2 aromatic carbocycles. The van der Waals surface area contributed by atoms with Crippen molar-refractivity contribution in [3.8, 4) is 17.2 Å². The molecular weight excluding hydrogens is 394 g/mol. The molecule has 1 aliphatic rings. The number of nitro groups is 1. The van der Waals surface area contributed by atoms with Crippen LogP contribution in [0.1, 0.15) is 23.3 Å². The third-order valence-electron chi connectivity index (χ3n) is 4.20. The van der Waals surface area contributed by atoms with Crippen LogP contribution in [-0.4, -0.2) is 28.7 Å². The van der Waals surface area contributed by atoms with E-state index in [-0.39, 0.29) is 0 Å². The maximum absolute atomic E-state index is 11.8. The topological polar surface area (TPSA) is 91.1 Å². The number of hydrogen-bond donors (Lipinski definition) is 1. The van der Waals surface area contributed by atoms with Gasteiger partial charge in [0.1, 0.15) is 5.75 Å². The zero-order chi connectivity index (χ0) is 18.2. The monoisotopic (exact) mass is 409 g/mol. The molecule has 0 saturated heterocycles. The Labute approximate surface area is 152 Å². The van der Waals surface area contributed by atoms with E-state index in [0.29, 0.717) is 28.4 Å². The van der Waals surface area contributed by atoms with E-state index in [2.05, 4.69) is 15.9 Å². The van der Waals surface area contributed by atoms with E-state index in [0.717, 1.165) is 0 Å². The molecule has 0 unspecified atom stereocenters. The molecule has 0 fully saturated rings. The molecule has 7 nitrogen and oxygen atoms in total. The van der Waals surface area contributed by atoms with Gasteiger partial charge in [0.2, 0.25) is 6.10 Å². The Bertz CT molecular complexity index is 813. The molecular formula is C17H16BrNO6. The van der Waals surface area contributed by atoms with E-state index in [9.17, 15) is 15.2 Å². The third-order valence-corrected chi connectivity index (χ3v) is 5.34. The average Bonchev–Trinajstić information content (AvgIpc) is 2.63. The Hall–Kier alpha value is -2.32. The fourth-order valence-corrected chi connectivity index (χ4v) is 3.50. The van der Waals surface area contributed by atoms with Gasteiger partial charge < -0.3 is 19.3 Å². The SMILES string of the molecule is COc1ccc([C@@H]2Oc3ccccc3[C@H](O)[C@@]2(Br)[N+](=O)[O-])cc1OC. The highest BCUT2D eigenvalue weighted by Crippen LogP contribution is 2.53. The van der Waals surface area contributed by atoms with Crippen molar-refractivity contribution in [2.45, 2.75) is 16.7 Å². The van der Waals surface area contributed by atoms with Crippen LogP contribution in [-0.2, 0) is 0 Å². The fourth-order valence-electron chi connectivity index (χ4n) is 2.90. The molecule has 25 heavy (non-hydrogen) atoms. The predicted octanol–water partition coefficient (Wildman–Crippen LogP) is 3.24. The summed E-state index contributed by atoms with van der Waals surface area (Å²) in [5.41, 5.74) is 0.826. The maximum atomic E-state index is 11.8. The summed E-state index contributed by atoms with van der Waals surface area (Å²) in [5.74, 6) is 1.30. The van der Waals surface area contributed by atoms with E-state index in [1.54, 1.807) is 42.5 Å². The molecule has 1 N–H and O–H groups in total. The molecule has 8 heteroatoms. The van der Waals surface area contributed by atoms with Crippen LogP contribution in [0.25, 0.3) is 0 Å². The van der Waals surface area contributed by atoms with Crippen molar-refractivity contribution in [2.24, 2.45) is 0 Å². The summed E-state index contributed by atoms with van der Waals surface area (Å²) < 4.78 is 14.4. The van der Waals surface area contributed by atoms with Gasteiger partial charge in [-0.3, -0.25) is 10.1 Å². The van der Waals surface area contributed by atoms with Crippen molar-refractivity contribution in [3.05, 3.63) is 63.7 Å². The van der Waals surface area contributed by atoms with Crippen LogP contribution in [0.3, 0.4) is 0 Å². The fraction of sp³-hybridized carbons (Fsp3) is 0.294. The molecule has 2 aromatic rings. The van der Waals surface area contributed by atoms with Gasteiger partial charge in [-0.15, -0.1) is 0 Å². The highest BCUT2D eigenvalue weighted by atomic mass is 79.9. The lowest BCUT2D eigenvalue weighted by Gasteiger charge is -2.37. The third kappa shape index (κ3) is 2.71. The summed E-state index contributed by atoms with van der Waals surface area (Å²) in [6.45, 7) is 0. The average molecular weight is 410 g/mol. The highest BCUT2D eigenvalue weighted by molar-refractivity contribution is 9.10. The van der Waals surface area contributed by atoms with E-state index >= 15 is 0 Å². The number of ether oxygens (including phenoxy) is 3. The standard InChI is InChI=1S/C17H16BrNO6/c1-23-13-8-7-10(9-14(13)24-2)16-17(18,19(21)22)15(20)11-5-3-4-6-12(11)25-16/h3-9,15-16,20H,1-2H3/t15-,16-,17+/m0/s1. The van der Waals surface area contributed by atoms with Gasteiger partial charge in [-0.2, -0.15) is 0 Å². The number of benzene rings is 2. The van der Waals surface area contributed by atoms with Crippen LogP contribution in [0, 0.1) is 10.1 Å². The number of halogens is 1. The Morgan fingerprint density at radius 2 is 1.88 bits per heavy atom. The molecule has 0 amide bonds. The number of aliphatic hydroxyl groups is 1. The molecule has 0 bridgehead atoms. The molecule has 0 aromatic heterocycles. The summed E-state index contributed by atoms with van der Waals surface area (Å²) in [6, 6.07) is 11.6. The van der Waals surface area contributed by atoms with Gasteiger partial charge in [0.25, 0.3) is 0 Å². The number of rotatable bonds is 4. The number of nitrogens with zero attached hydrogens (tertiary/aromatic N) is 1. The molecule has 132 valence electrons. The minimum absolute atomic E-state index is 0.354. The van der Waals surface area contributed by atoms with Gasteiger partial charge in [-0.25, -0.2) is 0 Å². The van der Waals surface area contributed by atoms with Crippen LogP contribution in [0.15, 0.2) is 42.5 Å². The smallest absolute Gasteiger partial charge is 0.344 e. The Balaban J connectivity index is 2.15. The van der Waals surface area contributed by atoms with E-state index in [1.807, 2.05) is 0 Å². The second kappa shape index (κ2) is 6.53. The zero-order valence-electron chi connectivity index (χ0n) is 13.5. The first-order valence-electron chi connectivity index (χ1n) is 7.42. The lowest BCUT2D eigenvalue weighted by Crippen LogP contribution is -2.48. The summed E-state index contributed by atoms with van der Waals surface area (Å²) in [6.07, 6.45) is -2.47. The zero-order valence-corrected chi connectivity index (χ0v) is 15.1. The van der Waals surface area contributed by atoms with Crippen molar-refractivity contribution >= 4 is 15.9 Å². The normalized spacial score (nSPS) is 24.8. The molecule has 0 aliphatic carbocycles. The number of fused-ring (bicyclic) bond motifs is 1. The quantitative estimate of drug-likeness (QED) is 0.360. The van der Waals surface area contributed by atoms with Gasteiger partial charge in [0.15, 0.2) is 17.6 Å². The summed E-state index contributed by atoms with van der Waals surface area (Å²) in [7, 11) is 2.98. The van der Waals surface area contributed by atoms with Gasteiger partial charge in [0.05, 0.1) is 14.2 Å². The second-order valence-corrected chi connectivity index (χ2v) is 6.81. The van der Waals surface area contributed by atoms with Crippen LogP contribution < -0.4 is 14.2 Å². The van der Waals surface area contributed by atoms with E-state index in [4.69, 9.17) is 14.2 Å². The first-order valence-corrected chi connectivity index (χ1v) is 8.21. The van der Waals surface area contributed by atoms with Crippen LogP contribution >= 0.6 is 15.9 Å². The number of methoxy groups -OCH3 is 2. The molecule has 3 rings (SSSR count). The minimum atomic E-state index is -1.94. The minimum Gasteiger partial charge on any atom is -0.493 e. The van der Waals surface area contributed by atoms with E-state index in [1.165, 1.54) is 14.2 Å². The number of aliphatic hydroxyl groups excluding tert-OH is 1. The molecule has 3 atom stereocenters. The second-order valence-electron chi connectivity index (χ2n) is 5.54. The largest absolute Gasteiger partial charge is 0.493 e. The lowest BCUT2D eigenvalue weighted by atomic mass is 9.90. The number of para-hydroxylation sites is 1. The molecule has 0 radical (unpaired) electrons. The Morgan fingerprint density at radius 3 is 2.52 bits per heavy atom. The number of alkyl halides is 1. The Morgan fingerprint density at radius 1 is 1.20 bits per heavy atom. The lowest BCUT2D eigenvalue weighted by molar-refractivity contribution is -0.563. The molecule has 0 saturated carbocycles.